The van der Waals surface area contributed by atoms with Gasteiger partial charge in [0.1, 0.15) is 0 Å². The Morgan fingerprint density at radius 1 is 0.727 bits per heavy atom. The zero-order valence-corrected chi connectivity index (χ0v) is 15.2. The summed E-state index contributed by atoms with van der Waals surface area (Å²) in [7, 11) is 0. The van der Waals surface area contributed by atoms with E-state index in [1.165, 1.54) is 44.9 Å². The van der Waals surface area contributed by atoms with Gasteiger partial charge in [0.2, 0.25) is 0 Å². The molecule has 0 aliphatic heterocycles. The second kappa shape index (κ2) is 9.86. The first-order chi connectivity index (χ1) is 10.1. The SMILES string of the molecule is CC(C)(CCCCCCCCCCC(=N)N)C(C)(C)C(=N)N. The molecule has 0 saturated heterocycles. The molecule has 0 aromatic heterocycles. The van der Waals surface area contributed by atoms with E-state index in [-0.39, 0.29) is 10.8 Å². The Labute approximate surface area is 137 Å². The zero-order chi connectivity index (χ0) is 17.2. The number of unbranched alkanes of at least 4 members (excludes halogenated alkanes) is 7. The molecule has 0 aliphatic carbocycles. The molecule has 0 fully saturated rings. The standard InChI is InChI=1S/C18H38N4/c1-17(2,18(3,4)16(21)22)14-12-10-8-6-5-7-9-11-13-15(19)20/h5-14H2,1-4H3,(H3,19,20)(H3,21,22). The molecule has 0 radical (unpaired) electrons. The van der Waals surface area contributed by atoms with Crippen LogP contribution >= 0.6 is 0 Å². The maximum atomic E-state index is 7.76. The first-order valence-electron chi connectivity index (χ1n) is 8.78. The number of hydrogen-bond acceptors (Lipinski definition) is 2. The van der Waals surface area contributed by atoms with E-state index in [1.807, 2.05) is 0 Å². The Morgan fingerprint density at radius 3 is 1.55 bits per heavy atom. The van der Waals surface area contributed by atoms with E-state index in [9.17, 15) is 0 Å². The van der Waals surface area contributed by atoms with Crippen molar-refractivity contribution < 1.29 is 0 Å². The maximum absolute atomic E-state index is 7.76. The molecule has 0 aliphatic rings. The highest BCUT2D eigenvalue weighted by Gasteiger charge is 2.38. The van der Waals surface area contributed by atoms with Crippen molar-refractivity contribution in [2.45, 2.75) is 91.9 Å². The van der Waals surface area contributed by atoms with Gasteiger partial charge in [-0.2, -0.15) is 0 Å². The van der Waals surface area contributed by atoms with Crippen LogP contribution < -0.4 is 11.5 Å². The Hall–Kier alpha value is -1.06. The van der Waals surface area contributed by atoms with Gasteiger partial charge in [-0.15, -0.1) is 0 Å². The summed E-state index contributed by atoms with van der Waals surface area (Å²) in [5.74, 6) is 0.610. The molecule has 0 atom stereocenters. The van der Waals surface area contributed by atoms with Gasteiger partial charge < -0.3 is 11.5 Å². The Balaban J connectivity index is 3.65. The zero-order valence-electron chi connectivity index (χ0n) is 15.2. The lowest BCUT2D eigenvalue weighted by molar-refractivity contribution is 0.163. The van der Waals surface area contributed by atoms with E-state index in [0.29, 0.717) is 11.7 Å². The van der Waals surface area contributed by atoms with Crippen molar-refractivity contribution in [3.63, 3.8) is 0 Å². The van der Waals surface area contributed by atoms with Gasteiger partial charge in [-0.25, -0.2) is 0 Å². The summed E-state index contributed by atoms with van der Waals surface area (Å²) in [6, 6.07) is 0. The number of nitrogens with one attached hydrogen (secondary N) is 2. The highest BCUT2D eigenvalue weighted by molar-refractivity contribution is 5.83. The number of nitrogens with two attached hydrogens (primary N) is 2. The van der Waals surface area contributed by atoms with Crippen LogP contribution in [0.25, 0.3) is 0 Å². The van der Waals surface area contributed by atoms with Gasteiger partial charge in [0.15, 0.2) is 0 Å². The molecular weight excluding hydrogens is 272 g/mol. The predicted molar refractivity (Wildman–Crippen MR) is 97.6 cm³/mol. The van der Waals surface area contributed by atoms with Crippen molar-refractivity contribution in [2.24, 2.45) is 22.3 Å². The molecular formula is C18H38N4. The molecule has 0 unspecified atom stereocenters. The smallest absolute Gasteiger partial charge is 0.0968 e. The van der Waals surface area contributed by atoms with Gasteiger partial charge in [0, 0.05) is 11.8 Å². The van der Waals surface area contributed by atoms with Crippen LogP contribution in [0.4, 0.5) is 0 Å². The average molecular weight is 311 g/mol. The molecule has 0 heterocycles. The molecule has 4 nitrogen and oxygen atoms in total. The predicted octanol–water partition coefficient (Wildman–Crippen LogP) is 4.81. The van der Waals surface area contributed by atoms with Crippen molar-refractivity contribution >= 4 is 11.7 Å². The minimum absolute atomic E-state index is 0.0749. The van der Waals surface area contributed by atoms with Crippen LogP contribution in [0.15, 0.2) is 0 Å². The number of rotatable bonds is 13. The third kappa shape index (κ3) is 7.81. The van der Waals surface area contributed by atoms with E-state index in [0.717, 1.165) is 19.3 Å². The quantitative estimate of drug-likeness (QED) is 0.223. The van der Waals surface area contributed by atoms with Crippen LogP contribution in [0.1, 0.15) is 91.9 Å². The van der Waals surface area contributed by atoms with E-state index >= 15 is 0 Å². The van der Waals surface area contributed by atoms with Crippen molar-refractivity contribution in [3.05, 3.63) is 0 Å². The average Bonchev–Trinajstić information content (AvgIpc) is 2.40. The summed E-state index contributed by atoms with van der Waals surface area (Å²) in [5, 5.41) is 14.9. The fourth-order valence-corrected chi connectivity index (χ4v) is 2.62. The van der Waals surface area contributed by atoms with Crippen LogP contribution in [0.3, 0.4) is 0 Å². The molecule has 0 bridgehead atoms. The second-order valence-electron chi connectivity index (χ2n) is 7.78. The Kier molecular flexibility index (Phi) is 9.38. The largest absolute Gasteiger partial charge is 0.388 e. The van der Waals surface area contributed by atoms with Crippen molar-refractivity contribution in [2.75, 3.05) is 0 Å². The molecule has 6 N–H and O–H groups in total. The first kappa shape index (κ1) is 20.9. The first-order valence-corrected chi connectivity index (χ1v) is 8.78. The van der Waals surface area contributed by atoms with Crippen LogP contribution in [0.2, 0.25) is 0 Å². The molecule has 0 rings (SSSR count). The minimum atomic E-state index is -0.232. The van der Waals surface area contributed by atoms with Gasteiger partial charge in [-0.3, -0.25) is 10.8 Å². The number of hydrogen-bond donors (Lipinski definition) is 4. The van der Waals surface area contributed by atoms with Gasteiger partial charge >= 0.3 is 0 Å². The molecule has 130 valence electrons. The Bertz CT molecular complexity index is 345. The lowest BCUT2D eigenvalue weighted by Crippen LogP contribution is -2.43. The molecule has 0 spiro atoms. The van der Waals surface area contributed by atoms with Gasteiger partial charge in [-0.05, 0) is 18.3 Å². The summed E-state index contributed by atoms with van der Waals surface area (Å²) in [5.41, 5.74) is 10.9. The third-order valence-electron chi connectivity index (χ3n) is 5.36. The highest BCUT2D eigenvalue weighted by atomic mass is 14.8. The van der Waals surface area contributed by atoms with E-state index in [1.54, 1.807) is 0 Å². The fourth-order valence-electron chi connectivity index (χ4n) is 2.62. The lowest BCUT2D eigenvalue weighted by Gasteiger charge is -2.41. The van der Waals surface area contributed by atoms with Crippen molar-refractivity contribution in [1.29, 1.82) is 10.8 Å². The maximum Gasteiger partial charge on any atom is 0.0968 e. The minimum Gasteiger partial charge on any atom is -0.388 e. The molecule has 4 heteroatoms. The molecule has 0 aromatic rings. The van der Waals surface area contributed by atoms with Gasteiger partial charge in [0.05, 0.1) is 11.7 Å². The Morgan fingerprint density at radius 2 is 1.14 bits per heavy atom. The van der Waals surface area contributed by atoms with Gasteiger partial charge in [0.25, 0.3) is 0 Å². The summed E-state index contributed by atoms with van der Waals surface area (Å²) in [6.07, 6.45) is 11.8. The second-order valence-corrected chi connectivity index (χ2v) is 7.78. The fraction of sp³-hybridized carbons (Fsp3) is 0.889. The van der Waals surface area contributed by atoms with E-state index in [2.05, 4.69) is 27.7 Å². The summed E-state index contributed by atoms with van der Waals surface area (Å²) in [4.78, 5) is 0. The topological polar surface area (TPSA) is 99.7 Å². The van der Waals surface area contributed by atoms with Crippen LogP contribution in [-0.4, -0.2) is 11.7 Å². The van der Waals surface area contributed by atoms with Crippen molar-refractivity contribution in [3.8, 4) is 0 Å². The number of amidine groups is 2. The lowest BCUT2D eigenvalue weighted by atomic mass is 9.64. The third-order valence-corrected chi connectivity index (χ3v) is 5.36. The summed E-state index contributed by atoms with van der Waals surface area (Å²) >= 11 is 0. The normalized spacial score (nSPS) is 12.4. The van der Waals surface area contributed by atoms with E-state index < -0.39 is 0 Å². The highest BCUT2D eigenvalue weighted by Crippen LogP contribution is 2.42. The van der Waals surface area contributed by atoms with Crippen LogP contribution in [0.5, 0.6) is 0 Å². The summed E-state index contributed by atoms with van der Waals surface area (Å²) in [6.45, 7) is 8.61. The monoisotopic (exact) mass is 310 g/mol. The van der Waals surface area contributed by atoms with Crippen LogP contribution in [0, 0.1) is 21.6 Å². The molecule has 0 amide bonds. The molecule has 22 heavy (non-hydrogen) atoms. The van der Waals surface area contributed by atoms with Gasteiger partial charge in [-0.1, -0.05) is 72.6 Å². The van der Waals surface area contributed by atoms with E-state index in [4.69, 9.17) is 22.3 Å². The molecule has 0 saturated carbocycles. The van der Waals surface area contributed by atoms with Crippen LogP contribution in [-0.2, 0) is 0 Å². The van der Waals surface area contributed by atoms with Crippen molar-refractivity contribution in [1.82, 2.24) is 0 Å². The molecule has 0 aromatic carbocycles. The summed E-state index contributed by atoms with van der Waals surface area (Å²) < 4.78 is 0.